The normalized spacial score (nSPS) is 14.9. The predicted octanol–water partition coefficient (Wildman–Crippen LogP) is 3.70. The second kappa shape index (κ2) is 7.70. The minimum absolute atomic E-state index is 0.00275. The summed E-state index contributed by atoms with van der Waals surface area (Å²) in [6, 6.07) is 11.5. The van der Waals surface area contributed by atoms with Crippen LogP contribution in [0.4, 0.5) is 0 Å². The number of fused-ring (bicyclic) bond motifs is 1. The average molecular weight is 426 g/mol. The molecule has 0 spiro atoms. The molecule has 7 nitrogen and oxygen atoms in total. The highest BCUT2D eigenvalue weighted by atomic mass is 32.2. The maximum atomic E-state index is 12.9. The SMILES string of the molecule is COc1ccc(C)cc1-c1cc(C(=O)O)c2cc(S(=O)(=O)N3CCCC3)ccc2n1. The molecular weight excluding hydrogens is 404 g/mol. The summed E-state index contributed by atoms with van der Waals surface area (Å²) >= 11 is 0. The van der Waals surface area contributed by atoms with E-state index in [1.165, 1.54) is 22.5 Å². The van der Waals surface area contributed by atoms with Gasteiger partial charge in [-0.25, -0.2) is 18.2 Å². The van der Waals surface area contributed by atoms with Crippen molar-refractivity contribution in [1.82, 2.24) is 9.29 Å². The summed E-state index contributed by atoms with van der Waals surface area (Å²) in [5.41, 5.74) is 2.52. The van der Waals surface area contributed by atoms with Crippen LogP contribution < -0.4 is 4.74 Å². The number of aryl methyl sites for hydroxylation is 1. The van der Waals surface area contributed by atoms with Crippen LogP contribution in [0.1, 0.15) is 28.8 Å². The van der Waals surface area contributed by atoms with Gasteiger partial charge in [-0.05, 0) is 56.2 Å². The number of benzene rings is 2. The number of aromatic nitrogens is 1. The first kappa shape index (κ1) is 20.3. The fourth-order valence-electron chi connectivity index (χ4n) is 3.78. The first-order valence-corrected chi connectivity index (χ1v) is 11.1. The number of rotatable bonds is 5. The summed E-state index contributed by atoms with van der Waals surface area (Å²) < 4.78 is 32.7. The number of ether oxygens (including phenoxy) is 1. The molecule has 3 aromatic rings. The highest BCUT2D eigenvalue weighted by Crippen LogP contribution is 2.33. The summed E-state index contributed by atoms with van der Waals surface area (Å²) in [7, 11) is -2.11. The molecule has 2 aromatic carbocycles. The Labute approximate surface area is 175 Å². The van der Waals surface area contributed by atoms with E-state index in [0.29, 0.717) is 35.6 Å². The lowest BCUT2D eigenvalue weighted by atomic mass is 10.0. The third-order valence-corrected chi connectivity index (χ3v) is 7.24. The zero-order chi connectivity index (χ0) is 21.5. The molecule has 1 fully saturated rings. The Balaban J connectivity index is 1.91. The van der Waals surface area contributed by atoms with Crippen LogP contribution in [0, 0.1) is 6.92 Å². The fourth-order valence-corrected chi connectivity index (χ4v) is 5.32. The maximum Gasteiger partial charge on any atom is 0.336 e. The second-order valence-electron chi connectivity index (χ2n) is 7.35. The molecule has 30 heavy (non-hydrogen) atoms. The maximum absolute atomic E-state index is 12.9. The molecule has 0 bridgehead atoms. The summed E-state index contributed by atoms with van der Waals surface area (Å²) in [5.74, 6) is -0.567. The minimum Gasteiger partial charge on any atom is -0.496 e. The molecule has 1 saturated heterocycles. The number of hydrogen-bond acceptors (Lipinski definition) is 5. The lowest BCUT2D eigenvalue weighted by Crippen LogP contribution is -2.27. The number of carboxylic acids is 1. The van der Waals surface area contributed by atoms with Gasteiger partial charge >= 0.3 is 5.97 Å². The average Bonchev–Trinajstić information content (AvgIpc) is 3.28. The van der Waals surface area contributed by atoms with E-state index in [0.717, 1.165) is 18.4 Å². The number of carbonyl (C=O) groups is 1. The lowest BCUT2D eigenvalue weighted by Gasteiger charge is -2.16. The van der Waals surface area contributed by atoms with Crippen LogP contribution in [0.15, 0.2) is 47.4 Å². The Hall–Kier alpha value is -2.97. The number of nitrogens with zero attached hydrogens (tertiary/aromatic N) is 2. The minimum atomic E-state index is -3.66. The number of methoxy groups -OCH3 is 1. The zero-order valence-corrected chi connectivity index (χ0v) is 17.6. The quantitative estimate of drug-likeness (QED) is 0.668. The van der Waals surface area contributed by atoms with Gasteiger partial charge < -0.3 is 9.84 Å². The molecule has 1 N–H and O–H groups in total. The van der Waals surface area contributed by atoms with Gasteiger partial charge in [0.2, 0.25) is 10.0 Å². The Morgan fingerprint density at radius 3 is 2.50 bits per heavy atom. The second-order valence-corrected chi connectivity index (χ2v) is 9.29. The van der Waals surface area contributed by atoms with Gasteiger partial charge in [-0.1, -0.05) is 11.6 Å². The standard InChI is InChI=1S/C22H22N2O5S/c1-14-5-8-21(29-2)18(11-14)20-13-17(22(25)26)16-12-15(6-7-19(16)23-20)30(27,28)24-9-3-4-10-24/h5-8,11-13H,3-4,9-10H2,1-2H3,(H,25,26). The molecule has 156 valence electrons. The third kappa shape index (κ3) is 3.53. The van der Waals surface area contributed by atoms with Crippen LogP contribution in [0.3, 0.4) is 0 Å². The van der Waals surface area contributed by atoms with Gasteiger partial charge in [0.15, 0.2) is 0 Å². The van der Waals surface area contributed by atoms with Gasteiger partial charge in [-0.2, -0.15) is 4.31 Å². The van der Waals surface area contributed by atoms with E-state index >= 15 is 0 Å². The van der Waals surface area contributed by atoms with Crippen LogP contribution in [-0.4, -0.2) is 49.0 Å². The van der Waals surface area contributed by atoms with Gasteiger partial charge in [0.25, 0.3) is 0 Å². The Morgan fingerprint density at radius 2 is 1.83 bits per heavy atom. The lowest BCUT2D eigenvalue weighted by molar-refractivity contribution is 0.0699. The number of pyridine rings is 1. The van der Waals surface area contributed by atoms with Gasteiger partial charge in [0.1, 0.15) is 5.75 Å². The largest absolute Gasteiger partial charge is 0.496 e. The Bertz CT molecular complexity index is 1250. The van der Waals surface area contributed by atoms with Gasteiger partial charge in [-0.3, -0.25) is 0 Å². The zero-order valence-electron chi connectivity index (χ0n) is 16.8. The van der Waals surface area contributed by atoms with Crippen molar-refractivity contribution in [2.45, 2.75) is 24.7 Å². The molecule has 0 unspecified atom stereocenters. The molecule has 2 heterocycles. The Kier molecular flexibility index (Phi) is 5.21. The topological polar surface area (TPSA) is 96.8 Å². The third-order valence-electron chi connectivity index (χ3n) is 5.34. The summed E-state index contributed by atoms with van der Waals surface area (Å²) in [4.78, 5) is 16.7. The molecule has 1 aliphatic rings. The van der Waals surface area contributed by atoms with Crippen molar-refractivity contribution < 1.29 is 23.1 Å². The van der Waals surface area contributed by atoms with Gasteiger partial charge in [-0.15, -0.1) is 0 Å². The molecule has 0 radical (unpaired) electrons. The van der Waals surface area contributed by atoms with E-state index in [9.17, 15) is 18.3 Å². The van der Waals surface area contributed by atoms with E-state index in [4.69, 9.17) is 4.74 Å². The number of hydrogen-bond donors (Lipinski definition) is 1. The number of carboxylic acid groups (broad SMARTS) is 1. The molecule has 1 aromatic heterocycles. The molecular formula is C22H22N2O5S. The Morgan fingerprint density at radius 1 is 1.10 bits per heavy atom. The smallest absolute Gasteiger partial charge is 0.336 e. The van der Waals surface area contributed by atoms with Gasteiger partial charge in [0.05, 0.1) is 28.8 Å². The van der Waals surface area contributed by atoms with Crippen LogP contribution in [0.25, 0.3) is 22.2 Å². The highest BCUT2D eigenvalue weighted by Gasteiger charge is 2.28. The number of aromatic carboxylic acids is 1. The number of sulfonamides is 1. The van der Waals surface area contributed by atoms with E-state index < -0.39 is 16.0 Å². The van der Waals surface area contributed by atoms with Gasteiger partial charge in [0, 0.05) is 24.0 Å². The summed E-state index contributed by atoms with van der Waals surface area (Å²) in [6.45, 7) is 2.89. The first-order chi connectivity index (χ1) is 14.3. The van der Waals surface area contributed by atoms with Crippen LogP contribution in [0.2, 0.25) is 0 Å². The predicted molar refractivity (Wildman–Crippen MR) is 113 cm³/mol. The summed E-state index contributed by atoms with van der Waals surface area (Å²) in [6.07, 6.45) is 1.66. The van der Waals surface area contributed by atoms with Crippen molar-refractivity contribution in [3.63, 3.8) is 0 Å². The van der Waals surface area contributed by atoms with Crippen molar-refractivity contribution in [3.05, 3.63) is 53.6 Å². The van der Waals surface area contributed by atoms with Crippen molar-refractivity contribution >= 4 is 26.9 Å². The van der Waals surface area contributed by atoms with E-state index in [2.05, 4.69) is 4.98 Å². The molecule has 1 aliphatic heterocycles. The fraction of sp³-hybridized carbons (Fsp3) is 0.273. The van der Waals surface area contributed by atoms with E-state index in [1.54, 1.807) is 13.2 Å². The molecule has 0 amide bonds. The summed E-state index contributed by atoms with van der Waals surface area (Å²) in [5, 5.41) is 10.1. The molecule has 8 heteroatoms. The van der Waals surface area contributed by atoms with Crippen LogP contribution in [0.5, 0.6) is 5.75 Å². The van der Waals surface area contributed by atoms with Crippen molar-refractivity contribution in [2.24, 2.45) is 0 Å². The first-order valence-electron chi connectivity index (χ1n) is 9.64. The van der Waals surface area contributed by atoms with E-state index in [1.807, 2.05) is 25.1 Å². The van der Waals surface area contributed by atoms with Crippen molar-refractivity contribution in [1.29, 1.82) is 0 Å². The van der Waals surface area contributed by atoms with Crippen LogP contribution in [-0.2, 0) is 10.0 Å². The molecule has 0 saturated carbocycles. The van der Waals surface area contributed by atoms with Crippen molar-refractivity contribution in [3.8, 4) is 17.0 Å². The van der Waals surface area contributed by atoms with E-state index in [-0.39, 0.29) is 15.8 Å². The van der Waals surface area contributed by atoms with Crippen molar-refractivity contribution in [2.75, 3.05) is 20.2 Å². The molecule has 0 atom stereocenters. The molecule has 0 aliphatic carbocycles. The highest BCUT2D eigenvalue weighted by molar-refractivity contribution is 7.89. The molecule has 4 rings (SSSR count). The van der Waals surface area contributed by atoms with Crippen LogP contribution >= 0.6 is 0 Å². The monoisotopic (exact) mass is 426 g/mol.